The number of rotatable bonds is 4. The number of carbonyl (C=O) groups is 1. The van der Waals surface area contributed by atoms with E-state index in [0.717, 1.165) is 41.8 Å². The first-order valence-corrected chi connectivity index (χ1v) is 10.1. The lowest BCUT2D eigenvalue weighted by Gasteiger charge is -2.33. The van der Waals surface area contributed by atoms with E-state index in [-0.39, 0.29) is 17.5 Å². The second-order valence-electron chi connectivity index (χ2n) is 6.76. The Morgan fingerprint density at radius 2 is 2.19 bits per heavy atom. The molecule has 1 N–H and O–H groups in total. The van der Waals surface area contributed by atoms with E-state index in [1.165, 1.54) is 16.7 Å². The minimum atomic E-state index is -0.349. The predicted octanol–water partition coefficient (Wildman–Crippen LogP) is 4.88. The maximum Gasteiger partial charge on any atom is 0.161 e. The van der Waals surface area contributed by atoms with E-state index in [1.807, 2.05) is 6.92 Å². The number of carbonyl (C=O) groups excluding carboxylic acids is 1. The number of ketones is 1. The standard InChI is InChI=1S/C21H22FNO2S/c1-3-25-12(2)14-11-13(7-8-15(14)22)19-20-16(5-4-6-18(20)24)23-17-9-10-26-21(17)19/h7-8,11,19,23H,2-6,9-10H2,1H3. The van der Waals surface area contributed by atoms with Gasteiger partial charge < -0.3 is 10.1 Å². The molecular formula is C21H22FNO2S. The van der Waals surface area contributed by atoms with E-state index in [4.69, 9.17) is 4.74 Å². The van der Waals surface area contributed by atoms with Gasteiger partial charge in [0.1, 0.15) is 11.6 Å². The minimum absolute atomic E-state index is 0.102. The molecule has 5 heteroatoms. The third-order valence-corrected chi connectivity index (χ3v) is 6.36. The summed E-state index contributed by atoms with van der Waals surface area (Å²) in [6.45, 7) is 6.14. The largest absolute Gasteiger partial charge is 0.494 e. The summed E-state index contributed by atoms with van der Waals surface area (Å²) in [7, 11) is 0. The Kier molecular flexibility index (Phi) is 4.65. The molecule has 1 atom stereocenters. The molecule has 26 heavy (non-hydrogen) atoms. The van der Waals surface area contributed by atoms with Gasteiger partial charge in [-0.05, 0) is 43.9 Å². The number of thioether (sulfide) groups is 1. The monoisotopic (exact) mass is 371 g/mol. The summed E-state index contributed by atoms with van der Waals surface area (Å²) in [6, 6.07) is 5.06. The summed E-state index contributed by atoms with van der Waals surface area (Å²) in [5.74, 6) is 1.10. The molecule has 0 bridgehead atoms. The van der Waals surface area contributed by atoms with Crippen molar-refractivity contribution in [2.75, 3.05) is 12.4 Å². The quantitative estimate of drug-likeness (QED) is 0.766. The number of Topliss-reactive ketones (excluding diaryl/α,β-unsaturated/α-hetero) is 1. The minimum Gasteiger partial charge on any atom is -0.494 e. The third kappa shape index (κ3) is 2.88. The van der Waals surface area contributed by atoms with Gasteiger partial charge in [-0.15, -0.1) is 11.8 Å². The van der Waals surface area contributed by atoms with Gasteiger partial charge in [-0.25, -0.2) is 4.39 Å². The van der Waals surface area contributed by atoms with Crippen molar-refractivity contribution >= 4 is 23.3 Å². The van der Waals surface area contributed by atoms with Crippen molar-refractivity contribution in [3.05, 3.63) is 63.6 Å². The van der Waals surface area contributed by atoms with Crippen molar-refractivity contribution in [2.45, 2.75) is 38.5 Å². The summed E-state index contributed by atoms with van der Waals surface area (Å²) in [5, 5.41) is 3.52. The zero-order chi connectivity index (χ0) is 18.3. The molecule has 3 nitrogen and oxygen atoms in total. The van der Waals surface area contributed by atoms with Gasteiger partial charge in [-0.1, -0.05) is 12.6 Å². The highest BCUT2D eigenvalue weighted by Crippen LogP contribution is 2.50. The van der Waals surface area contributed by atoms with Crippen LogP contribution in [0.4, 0.5) is 4.39 Å². The van der Waals surface area contributed by atoms with Crippen molar-refractivity contribution in [2.24, 2.45) is 0 Å². The third-order valence-electron chi connectivity index (χ3n) is 5.16. The van der Waals surface area contributed by atoms with E-state index in [2.05, 4.69) is 11.9 Å². The molecule has 0 amide bonds. The number of benzene rings is 1. The molecule has 4 rings (SSSR count). The van der Waals surface area contributed by atoms with Crippen LogP contribution in [0.1, 0.15) is 49.7 Å². The predicted molar refractivity (Wildman–Crippen MR) is 103 cm³/mol. The fourth-order valence-electron chi connectivity index (χ4n) is 4.00. The summed E-state index contributed by atoms with van der Waals surface area (Å²) in [4.78, 5) is 14.0. The Labute approximate surface area is 157 Å². The molecule has 1 aromatic rings. The number of hydrogen-bond acceptors (Lipinski definition) is 4. The number of nitrogens with one attached hydrogen (secondary N) is 1. The van der Waals surface area contributed by atoms with Crippen LogP contribution in [0.5, 0.6) is 0 Å². The van der Waals surface area contributed by atoms with Gasteiger partial charge in [0.25, 0.3) is 0 Å². The molecule has 0 radical (unpaired) electrons. The first kappa shape index (κ1) is 17.4. The second-order valence-corrected chi connectivity index (χ2v) is 7.90. The van der Waals surface area contributed by atoms with Gasteiger partial charge in [0.15, 0.2) is 5.78 Å². The Balaban J connectivity index is 1.82. The SMILES string of the molecule is C=C(OCC)c1cc(C2C3=C(CCS3)NC3=C2C(=O)CCC3)ccc1F. The zero-order valence-electron chi connectivity index (χ0n) is 14.9. The van der Waals surface area contributed by atoms with Crippen molar-refractivity contribution in [1.29, 1.82) is 0 Å². The van der Waals surface area contributed by atoms with Gasteiger partial charge in [0, 0.05) is 40.0 Å². The Morgan fingerprint density at radius 1 is 1.35 bits per heavy atom. The summed E-state index contributed by atoms with van der Waals surface area (Å²) in [5.41, 5.74) is 4.46. The van der Waals surface area contributed by atoms with E-state index in [1.54, 1.807) is 23.9 Å². The highest BCUT2D eigenvalue weighted by molar-refractivity contribution is 8.03. The Bertz CT molecular complexity index is 856. The normalized spacial score (nSPS) is 22.1. The lowest BCUT2D eigenvalue weighted by atomic mass is 9.79. The Hall–Kier alpha value is -2.01. The van der Waals surface area contributed by atoms with Gasteiger partial charge in [0.05, 0.1) is 12.2 Å². The zero-order valence-corrected chi connectivity index (χ0v) is 15.7. The van der Waals surface area contributed by atoms with E-state index >= 15 is 0 Å². The second kappa shape index (κ2) is 6.95. The molecule has 0 fully saturated rings. The maximum absolute atomic E-state index is 14.3. The molecule has 136 valence electrons. The van der Waals surface area contributed by atoms with Crippen LogP contribution in [0.3, 0.4) is 0 Å². The molecule has 1 aliphatic carbocycles. The van der Waals surface area contributed by atoms with E-state index < -0.39 is 0 Å². The molecule has 3 aliphatic rings. The molecule has 2 aliphatic heterocycles. The highest BCUT2D eigenvalue weighted by Gasteiger charge is 2.38. The van der Waals surface area contributed by atoms with Crippen LogP contribution in [0.2, 0.25) is 0 Å². The average molecular weight is 371 g/mol. The maximum atomic E-state index is 14.3. The summed E-state index contributed by atoms with van der Waals surface area (Å²) in [6.07, 6.45) is 3.37. The first-order valence-electron chi connectivity index (χ1n) is 9.10. The first-order chi connectivity index (χ1) is 12.6. The number of hydrogen-bond donors (Lipinski definition) is 1. The van der Waals surface area contributed by atoms with Crippen LogP contribution in [0.15, 0.2) is 46.7 Å². The summed E-state index contributed by atoms with van der Waals surface area (Å²) >= 11 is 1.80. The van der Waals surface area contributed by atoms with E-state index in [0.29, 0.717) is 24.4 Å². The smallest absolute Gasteiger partial charge is 0.161 e. The van der Waals surface area contributed by atoms with Crippen LogP contribution in [0.25, 0.3) is 5.76 Å². The molecule has 1 unspecified atom stereocenters. The molecule has 0 saturated heterocycles. The lowest BCUT2D eigenvalue weighted by Crippen LogP contribution is -2.30. The number of allylic oxidation sites excluding steroid dienone is 4. The van der Waals surface area contributed by atoms with Gasteiger partial charge in [0.2, 0.25) is 0 Å². The van der Waals surface area contributed by atoms with Crippen molar-refractivity contribution < 1.29 is 13.9 Å². The topological polar surface area (TPSA) is 38.3 Å². The number of dihydropyridines is 1. The highest BCUT2D eigenvalue weighted by atomic mass is 32.2. The van der Waals surface area contributed by atoms with Crippen molar-refractivity contribution in [3.8, 4) is 0 Å². The van der Waals surface area contributed by atoms with Crippen molar-refractivity contribution in [3.63, 3.8) is 0 Å². The molecular weight excluding hydrogens is 349 g/mol. The lowest BCUT2D eigenvalue weighted by molar-refractivity contribution is -0.116. The molecule has 0 spiro atoms. The molecule has 0 aromatic heterocycles. The summed E-state index contributed by atoms with van der Waals surface area (Å²) < 4.78 is 19.8. The Morgan fingerprint density at radius 3 is 3.00 bits per heavy atom. The molecule has 1 aromatic carbocycles. The molecule has 2 heterocycles. The van der Waals surface area contributed by atoms with Crippen molar-refractivity contribution in [1.82, 2.24) is 5.32 Å². The average Bonchev–Trinajstić information content (AvgIpc) is 3.09. The molecule has 0 saturated carbocycles. The van der Waals surface area contributed by atoms with Gasteiger partial charge in [-0.3, -0.25) is 4.79 Å². The van der Waals surface area contributed by atoms with Crippen LogP contribution in [-0.2, 0) is 9.53 Å². The van der Waals surface area contributed by atoms with Crippen LogP contribution in [-0.4, -0.2) is 18.1 Å². The van der Waals surface area contributed by atoms with Gasteiger partial charge in [-0.2, -0.15) is 0 Å². The van der Waals surface area contributed by atoms with Crippen LogP contribution < -0.4 is 5.32 Å². The van der Waals surface area contributed by atoms with Crippen LogP contribution >= 0.6 is 11.8 Å². The van der Waals surface area contributed by atoms with Gasteiger partial charge >= 0.3 is 0 Å². The fourth-order valence-corrected chi connectivity index (χ4v) is 5.28. The fraction of sp³-hybridized carbons (Fsp3) is 0.381. The van der Waals surface area contributed by atoms with Crippen LogP contribution in [0, 0.1) is 5.82 Å². The number of ether oxygens (including phenoxy) is 1. The number of halogens is 1. The van der Waals surface area contributed by atoms with E-state index in [9.17, 15) is 9.18 Å².